The Morgan fingerprint density at radius 1 is 1.56 bits per heavy atom. The lowest BCUT2D eigenvalue weighted by Gasteiger charge is -2.23. The third-order valence-electron chi connectivity index (χ3n) is 2.72. The number of nitrogens with one attached hydrogen (secondary N) is 1. The SMILES string of the molecule is Cc1nnc(COCC2CNCCO2)n1C. The molecule has 0 spiro atoms. The highest BCUT2D eigenvalue weighted by Gasteiger charge is 2.14. The van der Waals surface area contributed by atoms with Crippen molar-refractivity contribution in [1.82, 2.24) is 20.1 Å². The number of ether oxygens (including phenoxy) is 2. The van der Waals surface area contributed by atoms with Gasteiger partial charge in [-0.25, -0.2) is 0 Å². The van der Waals surface area contributed by atoms with Gasteiger partial charge in [-0.15, -0.1) is 10.2 Å². The van der Waals surface area contributed by atoms with Crippen LogP contribution in [0, 0.1) is 6.92 Å². The van der Waals surface area contributed by atoms with E-state index in [1.807, 2.05) is 18.5 Å². The maximum atomic E-state index is 5.56. The lowest BCUT2D eigenvalue weighted by atomic mass is 10.3. The molecule has 1 atom stereocenters. The molecule has 0 saturated carbocycles. The number of hydrogen-bond acceptors (Lipinski definition) is 5. The molecule has 0 aliphatic carbocycles. The van der Waals surface area contributed by atoms with E-state index in [1.54, 1.807) is 0 Å². The maximum Gasteiger partial charge on any atom is 0.158 e. The van der Waals surface area contributed by atoms with E-state index in [2.05, 4.69) is 15.5 Å². The van der Waals surface area contributed by atoms with Crippen molar-refractivity contribution in [2.75, 3.05) is 26.3 Å². The summed E-state index contributed by atoms with van der Waals surface area (Å²) in [5.74, 6) is 1.75. The molecular weight excluding hydrogens is 208 g/mol. The Kier molecular flexibility index (Phi) is 3.87. The quantitative estimate of drug-likeness (QED) is 0.759. The molecule has 0 radical (unpaired) electrons. The van der Waals surface area contributed by atoms with E-state index in [1.165, 1.54) is 0 Å². The number of rotatable bonds is 4. The molecule has 0 aromatic carbocycles. The molecule has 1 aromatic rings. The summed E-state index contributed by atoms with van der Waals surface area (Å²) in [5.41, 5.74) is 0. The Morgan fingerprint density at radius 2 is 2.44 bits per heavy atom. The van der Waals surface area contributed by atoms with Crippen LogP contribution in [0.1, 0.15) is 11.6 Å². The van der Waals surface area contributed by atoms with Gasteiger partial charge in [-0.3, -0.25) is 0 Å². The van der Waals surface area contributed by atoms with Crippen LogP contribution in [0.2, 0.25) is 0 Å². The zero-order chi connectivity index (χ0) is 11.4. The van der Waals surface area contributed by atoms with E-state index in [9.17, 15) is 0 Å². The van der Waals surface area contributed by atoms with Crippen molar-refractivity contribution in [3.8, 4) is 0 Å². The van der Waals surface area contributed by atoms with Crippen molar-refractivity contribution in [3.63, 3.8) is 0 Å². The average molecular weight is 226 g/mol. The Morgan fingerprint density at radius 3 is 3.06 bits per heavy atom. The fraction of sp³-hybridized carbons (Fsp3) is 0.800. The number of aryl methyl sites for hydroxylation is 1. The summed E-state index contributed by atoms with van der Waals surface area (Å²) in [7, 11) is 1.94. The van der Waals surface area contributed by atoms with Gasteiger partial charge in [-0.1, -0.05) is 0 Å². The molecule has 0 bridgehead atoms. The van der Waals surface area contributed by atoms with Gasteiger partial charge in [0.15, 0.2) is 5.82 Å². The van der Waals surface area contributed by atoms with E-state index >= 15 is 0 Å². The first kappa shape index (κ1) is 11.5. The fourth-order valence-electron chi connectivity index (χ4n) is 1.59. The summed E-state index contributed by atoms with van der Waals surface area (Å²) in [6, 6.07) is 0. The summed E-state index contributed by atoms with van der Waals surface area (Å²) in [6.45, 7) is 5.55. The minimum absolute atomic E-state index is 0.156. The van der Waals surface area contributed by atoms with Gasteiger partial charge >= 0.3 is 0 Å². The monoisotopic (exact) mass is 226 g/mol. The molecule has 1 aliphatic heterocycles. The molecule has 2 rings (SSSR count). The van der Waals surface area contributed by atoms with Crippen LogP contribution in [-0.4, -0.2) is 47.2 Å². The third kappa shape index (κ3) is 2.78. The average Bonchev–Trinajstić information content (AvgIpc) is 2.62. The van der Waals surface area contributed by atoms with Gasteiger partial charge in [0.1, 0.15) is 12.4 Å². The van der Waals surface area contributed by atoms with Crippen LogP contribution in [0.4, 0.5) is 0 Å². The molecule has 1 aromatic heterocycles. The van der Waals surface area contributed by atoms with Crippen molar-refractivity contribution >= 4 is 0 Å². The van der Waals surface area contributed by atoms with Crippen LogP contribution in [0.5, 0.6) is 0 Å². The van der Waals surface area contributed by atoms with E-state index in [4.69, 9.17) is 9.47 Å². The lowest BCUT2D eigenvalue weighted by molar-refractivity contribution is -0.0372. The van der Waals surface area contributed by atoms with Gasteiger partial charge in [-0.2, -0.15) is 0 Å². The molecule has 2 heterocycles. The molecular formula is C10H18N4O2. The molecule has 90 valence electrons. The largest absolute Gasteiger partial charge is 0.373 e. The predicted molar refractivity (Wildman–Crippen MR) is 58.0 cm³/mol. The van der Waals surface area contributed by atoms with Gasteiger partial charge in [-0.05, 0) is 6.92 Å². The Balaban J connectivity index is 1.73. The highest BCUT2D eigenvalue weighted by atomic mass is 16.5. The Hall–Kier alpha value is -0.980. The zero-order valence-corrected chi connectivity index (χ0v) is 9.77. The molecule has 1 saturated heterocycles. The first-order chi connectivity index (χ1) is 7.77. The van der Waals surface area contributed by atoms with Crippen molar-refractivity contribution in [2.45, 2.75) is 19.6 Å². The van der Waals surface area contributed by atoms with E-state index in [-0.39, 0.29) is 6.10 Å². The predicted octanol–water partition coefficient (Wildman–Crippen LogP) is -0.371. The first-order valence-corrected chi connectivity index (χ1v) is 5.52. The van der Waals surface area contributed by atoms with Crippen LogP contribution < -0.4 is 5.32 Å². The van der Waals surface area contributed by atoms with Gasteiger partial charge in [0.25, 0.3) is 0 Å². The van der Waals surface area contributed by atoms with Gasteiger partial charge in [0.2, 0.25) is 0 Å². The highest BCUT2D eigenvalue weighted by molar-refractivity contribution is 4.90. The maximum absolute atomic E-state index is 5.56. The summed E-state index contributed by atoms with van der Waals surface area (Å²) in [6.07, 6.45) is 0.156. The van der Waals surface area contributed by atoms with Gasteiger partial charge in [0, 0.05) is 20.1 Å². The number of aromatic nitrogens is 3. The first-order valence-electron chi connectivity index (χ1n) is 5.52. The molecule has 1 aliphatic rings. The normalized spacial score (nSPS) is 21.2. The molecule has 6 heteroatoms. The van der Waals surface area contributed by atoms with E-state index in [0.717, 1.165) is 31.3 Å². The van der Waals surface area contributed by atoms with Gasteiger partial charge < -0.3 is 19.4 Å². The third-order valence-corrected chi connectivity index (χ3v) is 2.72. The minimum Gasteiger partial charge on any atom is -0.373 e. The van der Waals surface area contributed by atoms with Crippen molar-refractivity contribution < 1.29 is 9.47 Å². The second kappa shape index (κ2) is 5.38. The van der Waals surface area contributed by atoms with Crippen LogP contribution in [0.15, 0.2) is 0 Å². The summed E-state index contributed by atoms with van der Waals surface area (Å²) in [5, 5.41) is 11.3. The molecule has 16 heavy (non-hydrogen) atoms. The molecule has 6 nitrogen and oxygen atoms in total. The van der Waals surface area contributed by atoms with Crippen molar-refractivity contribution in [1.29, 1.82) is 0 Å². The number of nitrogens with zero attached hydrogens (tertiary/aromatic N) is 3. The molecule has 0 amide bonds. The smallest absolute Gasteiger partial charge is 0.158 e. The topological polar surface area (TPSA) is 61.2 Å². The fourth-order valence-corrected chi connectivity index (χ4v) is 1.59. The van der Waals surface area contributed by atoms with Crippen molar-refractivity contribution in [2.24, 2.45) is 7.05 Å². The summed E-state index contributed by atoms with van der Waals surface area (Å²) >= 11 is 0. The zero-order valence-electron chi connectivity index (χ0n) is 9.77. The van der Waals surface area contributed by atoms with Crippen molar-refractivity contribution in [3.05, 3.63) is 11.6 Å². The van der Waals surface area contributed by atoms with E-state index in [0.29, 0.717) is 13.2 Å². The Bertz CT molecular complexity index is 334. The molecule has 1 N–H and O–H groups in total. The summed E-state index contributed by atoms with van der Waals surface area (Å²) < 4.78 is 13.0. The lowest BCUT2D eigenvalue weighted by Crippen LogP contribution is -2.41. The van der Waals surface area contributed by atoms with Crippen LogP contribution in [-0.2, 0) is 23.1 Å². The number of morpholine rings is 1. The number of hydrogen-bond donors (Lipinski definition) is 1. The second-order valence-corrected chi connectivity index (χ2v) is 3.93. The van der Waals surface area contributed by atoms with E-state index < -0.39 is 0 Å². The summed E-state index contributed by atoms with van der Waals surface area (Å²) in [4.78, 5) is 0. The van der Waals surface area contributed by atoms with Crippen LogP contribution in [0.25, 0.3) is 0 Å². The minimum atomic E-state index is 0.156. The van der Waals surface area contributed by atoms with Gasteiger partial charge in [0.05, 0.1) is 19.3 Å². The Labute approximate surface area is 94.9 Å². The standard InChI is InChI=1S/C10H18N4O2/c1-8-12-13-10(14(8)2)7-15-6-9-5-11-3-4-16-9/h9,11H,3-7H2,1-2H3. The second-order valence-electron chi connectivity index (χ2n) is 3.93. The molecule has 1 fully saturated rings. The molecule has 1 unspecified atom stereocenters. The highest BCUT2D eigenvalue weighted by Crippen LogP contribution is 2.02. The van der Waals surface area contributed by atoms with Crippen LogP contribution >= 0.6 is 0 Å². The van der Waals surface area contributed by atoms with Crippen LogP contribution in [0.3, 0.4) is 0 Å².